The molecule has 1 heterocycles. The Morgan fingerprint density at radius 2 is 1.42 bits per heavy atom. The second-order valence-corrected chi connectivity index (χ2v) is 7.55. The summed E-state index contributed by atoms with van der Waals surface area (Å²) in [6, 6.07) is 28.2. The van der Waals surface area contributed by atoms with Crippen molar-refractivity contribution in [3.05, 3.63) is 120 Å². The highest BCUT2D eigenvalue weighted by Crippen LogP contribution is 2.52. The predicted octanol–water partition coefficient (Wildman–Crippen LogP) is 6.01. The number of imide groups is 1. The minimum absolute atomic E-state index is 0.374. The molecule has 0 radical (unpaired) electrons. The summed E-state index contributed by atoms with van der Waals surface area (Å²) in [6.07, 6.45) is 4.34. The van der Waals surface area contributed by atoms with Gasteiger partial charge in [0.2, 0.25) is 0 Å². The number of hydrogen-bond acceptors (Lipinski definition) is 3. The molecule has 0 saturated carbocycles. The minimum Gasteiger partial charge on any atom is -0.430 e. The maximum atomic E-state index is 13.2. The van der Waals surface area contributed by atoms with Gasteiger partial charge in [-0.1, -0.05) is 110 Å². The molecule has 31 heavy (non-hydrogen) atoms. The van der Waals surface area contributed by atoms with E-state index in [0.29, 0.717) is 0 Å². The minimum atomic E-state index is -1.16. The van der Waals surface area contributed by atoms with E-state index in [9.17, 15) is 9.59 Å². The summed E-state index contributed by atoms with van der Waals surface area (Å²) in [4.78, 5) is 27.7. The van der Waals surface area contributed by atoms with Crippen LogP contribution in [0.1, 0.15) is 42.5 Å². The van der Waals surface area contributed by atoms with Crippen LogP contribution in [0.4, 0.5) is 4.79 Å². The normalized spacial score (nSPS) is 17.6. The number of hydrogen-bond donors (Lipinski definition) is 0. The summed E-state index contributed by atoms with van der Waals surface area (Å²) in [5.74, 6) is -0.374. The molecular formula is C27H25NO3. The fourth-order valence-corrected chi connectivity index (χ4v) is 4.17. The van der Waals surface area contributed by atoms with Crippen LogP contribution in [0, 0.1) is 0 Å². The third-order valence-corrected chi connectivity index (χ3v) is 5.56. The Kier molecular flexibility index (Phi) is 5.99. The molecule has 0 bridgehead atoms. The Bertz CT molecular complexity index is 1020. The van der Waals surface area contributed by atoms with E-state index in [1.807, 2.05) is 104 Å². The van der Waals surface area contributed by atoms with Gasteiger partial charge in [-0.15, -0.1) is 0 Å². The molecular weight excluding hydrogens is 386 g/mol. The number of nitrogens with zero attached hydrogens (tertiary/aromatic N) is 1. The number of ether oxygens (including phenoxy) is 1. The molecule has 0 aromatic heterocycles. The Morgan fingerprint density at radius 3 is 1.94 bits per heavy atom. The van der Waals surface area contributed by atoms with Crippen LogP contribution in [0.3, 0.4) is 0 Å². The SMILES string of the molecule is CCCC=CC(=O)N1C(=O)OC(c2ccccc2)(c2ccccc2)[C@H]1c1ccccc1. The van der Waals surface area contributed by atoms with Gasteiger partial charge in [-0.05, 0) is 18.1 Å². The van der Waals surface area contributed by atoms with Crippen LogP contribution in [0.25, 0.3) is 0 Å². The van der Waals surface area contributed by atoms with E-state index >= 15 is 0 Å². The summed E-state index contributed by atoms with van der Waals surface area (Å²) < 4.78 is 6.16. The van der Waals surface area contributed by atoms with Gasteiger partial charge in [-0.3, -0.25) is 4.79 Å². The van der Waals surface area contributed by atoms with E-state index in [0.717, 1.165) is 29.5 Å². The summed E-state index contributed by atoms with van der Waals surface area (Å²) in [5.41, 5.74) is 1.31. The Labute approximate surface area is 182 Å². The van der Waals surface area contributed by atoms with Crippen LogP contribution in [0.15, 0.2) is 103 Å². The van der Waals surface area contributed by atoms with Crippen LogP contribution in [-0.2, 0) is 15.1 Å². The van der Waals surface area contributed by atoms with Crippen LogP contribution < -0.4 is 0 Å². The van der Waals surface area contributed by atoms with Crippen molar-refractivity contribution in [2.45, 2.75) is 31.4 Å². The van der Waals surface area contributed by atoms with Crippen molar-refractivity contribution in [2.24, 2.45) is 0 Å². The molecule has 1 fully saturated rings. The van der Waals surface area contributed by atoms with Gasteiger partial charge in [-0.2, -0.15) is 0 Å². The summed E-state index contributed by atoms with van der Waals surface area (Å²) in [5, 5.41) is 0. The van der Waals surface area contributed by atoms with E-state index in [-0.39, 0.29) is 5.91 Å². The van der Waals surface area contributed by atoms with Crippen LogP contribution in [0.2, 0.25) is 0 Å². The number of rotatable bonds is 6. The molecule has 4 rings (SSSR count). The molecule has 1 aliphatic heterocycles. The molecule has 4 heteroatoms. The first-order valence-corrected chi connectivity index (χ1v) is 10.6. The topological polar surface area (TPSA) is 46.6 Å². The molecule has 4 nitrogen and oxygen atoms in total. The van der Waals surface area contributed by atoms with Gasteiger partial charge in [-0.25, -0.2) is 9.69 Å². The highest BCUT2D eigenvalue weighted by Gasteiger charge is 2.58. The standard InChI is InChI=1S/C27H25NO3/c1-2-3-7-20-24(29)28-25(21-14-8-4-9-15-21)27(31-26(28)30,22-16-10-5-11-17-22)23-18-12-6-13-19-23/h4-20,25H,2-3H2,1H3/t25-/m1/s1. The number of cyclic esters (lactones) is 1. The number of unbranched alkanes of at least 4 members (excludes halogenated alkanes) is 1. The van der Waals surface area contributed by atoms with E-state index < -0.39 is 17.7 Å². The molecule has 1 atom stereocenters. The lowest BCUT2D eigenvalue weighted by molar-refractivity contribution is -0.124. The van der Waals surface area contributed by atoms with E-state index in [4.69, 9.17) is 4.74 Å². The Balaban J connectivity index is 1.95. The van der Waals surface area contributed by atoms with Gasteiger partial charge in [0.25, 0.3) is 5.91 Å². The molecule has 0 aliphatic carbocycles. The molecule has 3 aromatic carbocycles. The van der Waals surface area contributed by atoms with Crippen molar-refractivity contribution < 1.29 is 14.3 Å². The van der Waals surface area contributed by atoms with Crippen molar-refractivity contribution in [3.8, 4) is 0 Å². The Hall–Kier alpha value is -3.66. The molecule has 1 aliphatic rings. The number of benzene rings is 3. The van der Waals surface area contributed by atoms with Crippen LogP contribution in [-0.4, -0.2) is 16.9 Å². The maximum Gasteiger partial charge on any atom is 0.418 e. The average molecular weight is 412 g/mol. The van der Waals surface area contributed by atoms with Crippen LogP contribution in [0.5, 0.6) is 0 Å². The number of carbonyl (C=O) groups excluding carboxylic acids is 2. The monoisotopic (exact) mass is 411 g/mol. The van der Waals surface area contributed by atoms with Crippen molar-refractivity contribution >= 4 is 12.0 Å². The third-order valence-electron chi connectivity index (χ3n) is 5.56. The van der Waals surface area contributed by atoms with Gasteiger partial charge >= 0.3 is 6.09 Å². The van der Waals surface area contributed by atoms with Gasteiger partial charge in [0, 0.05) is 11.1 Å². The largest absolute Gasteiger partial charge is 0.430 e. The molecule has 3 aromatic rings. The number of carbonyl (C=O) groups is 2. The van der Waals surface area contributed by atoms with Crippen LogP contribution >= 0.6 is 0 Å². The smallest absolute Gasteiger partial charge is 0.418 e. The Morgan fingerprint density at radius 1 is 0.903 bits per heavy atom. The lowest BCUT2D eigenvalue weighted by Gasteiger charge is -2.35. The maximum absolute atomic E-state index is 13.2. The average Bonchev–Trinajstić information content (AvgIpc) is 3.15. The van der Waals surface area contributed by atoms with Gasteiger partial charge in [0.1, 0.15) is 6.04 Å². The number of allylic oxidation sites excluding steroid dienone is 1. The first-order valence-electron chi connectivity index (χ1n) is 10.6. The van der Waals surface area contributed by atoms with Crippen molar-refractivity contribution in [1.29, 1.82) is 0 Å². The van der Waals surface area contributed by atoms with E-state index in [2.05, 4.69) is 0 Å². The van der Waals surface area contributed by atoms with Gasteiger partial charge in [0.15, 0.2) is 5.60 Å². The fourth-order valence-electron chi connectivity index (χ4n) is 4.17. The highest BCUT2D eigenvalue weighted by atomic mass is 16.6. The molecule has 0 spiro atoms. The van der Waals surface area contributed by atoms with E-state index in [1.165, 1.54) is 11.0 Å². The van der Waals surface area contributed by atoms with Crippen molar-refractivity contribution in [2.75, 3.05) is 0 Å². The molecule has 2 amide bonds. The first kappa shape index (κ1) is 20.6. The molecule has 0 unspecified atom stereocenters. The quantitative estimate of drug-likeness (QED) is 0.467. The molecule has 0 N–H and O–H groups in total. The fraction of sp³-hybridized carbons (Fsp3) is 0.185. The van der Waals surface area contributed by atoms with Crippen molar-refractivity contribution in [3.63, 3.8) is 0 Å². The first-order chi connectivity index (χ1) is 15.2. The zero-order valence-electron chi connectivity index (χ0n) is 17.5. The zero-order valence-corrected chi connectivity index (χ0v) is 17.5. The second-order valence-electron chi connectivity index (χ2n) is 7.55. The summed E-state index contributed by atoms with van der Waals surface area (Å²) in [7, 11) is 0. The lowest BCUT2D eigenvalue weighted by atomic mass is 9.77. The second kappa shape index (κ2) is 9.00. The third kappa shape index (κ3) is 3.77. The molecule has 1 saturated heterocycles. The zero-order chi connectivity index (χ0) is 21.7. The lowest BCUT2D eigenvalue weighted by Crippen LogP contribution is -2.39. The summed E-state index contributed by atoms with van der Waals surface area (Å²) in [6.45, 7) is 2.04. The summed E-state index contributed by atoms with van der Waals surface area (Å²) >= 11 is 0. The molecule has 156 valence electrons. The highest BCUT2D eigenvalue weighted by molar-refractivity contribution is 6.00. The number of amides is 2. The predicted molar refractivity (Wildman–Crippen MR) is 120 cm³/mol. The van der Waals surface area contributed by atoms with E-state index in [1.54, 1.807) is 0 Å². The van der Waals surface area contributed by atoms with Gasteiger partial charge in [0.05, 0.1) is 0 Å². The van der Waals surface area contributed by atoms with Gasteiger partial charge < -0.3 is 4.74 Å². The van der Waals surface area contributed by atoms with Crippen molar-refractivity contribution in [1.82, 2.24) is 4.90 Å².